The van der Waals surface area contributed by atoms with Crippen molar-refractivity contribution in [2.75, 3.05) is 13.1 Å². The van der Waals surface area contributed by atoms with Crippen LogP contribution in [0, 0.1) is 0 Å². The molecule has 4 nitrogen and oxygen atoms in total. The molecule has 1 N–H and O–H groups in total. The quantitative estimate of drug-likeness (QED) is 0.940. The maximum atomic E-state index is 5.54. The smallest absolute Gasteiger partial charge is 0.145 e. The number of nitrogens with one attached hydrogen (secondary N) is 1. The van der Waals surface area contributed by atoms with Gasteiger partial charge in [-0.25, -0.2) is 0 Å². The van der Waals surface area contributed by atoms with Crippen LogP contribution in [0.5, 0.6) is 0 Å². The lowest BCUT2D eigenvalue weighted by Gasteiger charge is -2.28. The molecule has 0 spiro atoms. The molecule has 0 radical (unpaired) electrons. The number of fused-ring (bicyclic) bond motifs is 3. The van der Waals surface area contributed by atoms with E-state index in [4.69, 9.17) is 4.84 Å². The van der Waals surface area contributed by atoms with Gasteiger partial charge in [0, 0.05) is 42.7 Å². The molecule has 0 aliphatic carbocycles. The SMILES string of the molecule is CCC1=NOC(CN2CCc3c([nH]c4ccccc34)C2)C1. The van der Waals surface area contributed by atoms with Crippen molar-refractivity contribution >= 4 is 16.6 Å². The summed E-state index contributed by atoms with van der Waals surface area (Å²) in [6.45, 7) is 5.21. The van der Waals surface area contributed by atoms with Crippen LogP contribution in [0.15, 0.2) is 29.4 Å². The third-order valence-electron chi connectivity index (χ3n) is 4.63. The second-order valence-corrected chi connectivity index (χ2v) is 6.06. The van der Waals surface area contributed by atoms with Gasteiger partial charge < -0.3 is 9.82 Å². The van der Waals surface area contributed by atoms with Crippen molar-refractivity contribution < 1.29 is 4.84 Å². The molecule has 2 aliphatic rings. The molecule has 0 saturated heterocycles. The Balaban J connectivity index is 1.47. The van der Waals surface area contributed by atoms with E-state index in [0.717, 1.165) is 38.9 Å². The highest BCUT2D eigenvalue weighted by Crippen LogP contribution is 2.28. The molecule has 1 aromatic heterocycles. The summed E-state index contributed by atoms with van der Waals surface area (Å²) in [5.41, 5.74) is 5.33. The number of H-pyrrole nitrogens is 1. The summed E-state index contributed by atoms with van der Waals surface area (Å²) < 4.78 is 0. The number of hydrogen-bond acceptors (Lipinski definition) is 3. The van der Waals surface area contributed by atoms with Crippen molar-refractivity contribution in [3.8, 4) is 0 Å². The van der Waals surface area contributed by atoms with Gasteiger partial charge in [-0.3, -0.25) is 4.90 Å². The number of aromatic nitrogens is 1. The van der Waals surface area contributed by atoms with Gasteiger partial charge in [-0.15, -0.1) is 0 Å². The van der Waals surface area contributed by atoms with Crippen molar-refractivity contribution in [3.05, 3.63) is 35.5 Å². The molecule has 0 fully saturated rings. The van der Waals surface area contributed by atoms with Crippen LogP contribution < -0.4 is 0 Å². The van der Waals surface area contributed by atoms with Gasteiger partial charge in [0.2, 0.25) is 0 Å². The lowest BCUT2D eigenvalue weighted by atomic mass is 10.0. The van der Waals surface area contributed by atoms with Gasteiger partial charge in [-0.05, 0) is 24.5 Å². The van der Waals surface area contributed by atoms with Gasteiger partial charge in [0.25, 0.3) is 0 Å². The van der Waals surface area contributed by atoms with E-state index >= 15 is 0 Å². The van der Waals surface area contributed by atoms with E-state index in [1.807, 2.05) is 0 Å². The molecule has 0 amide bonds. The average molecular weight is 283 g/mol. The zero-order valence-corrected chi connectivity index (χ0v) is 12.4. The Morgan fingerprint density at radius 2 is 2.29 bits per heavy atom. The first-order chi connectivity index (χ1) is 10.3. The van der Waals surface area contributed by atoms with Crippen LogP contribution in [0.3, 0.4) is 0 Å². The summed E-state index contributed by atoms with van der Waals surface area (Å²) in [7, 11) is 0. The molecule has 4 heteroatoms. The molecule has 4 rings (SSSR count). The number of aromatic amines is 1. The first-order valence-corrected chi connectivity index (χ1v) is 7.86. The van der Waals surface area contributed by atoms with Crippen molar-refractivity contribution in [1.82, 2.24) is 9.88 Å². The van der Waals surface area contributed by atoms with Crippen LogP contribution in [-0.4, -0.2) is 34.8 Å². The lowest BCUT2D eigenvalue weighted by Crippen LogP contribution is -2.36. The second kappa shape index (κ2) is 5.19. The van der Waals surface area contributed by atoms with Crippen molar-refractivity contribution in [1.29, 1.82) is 0 Å². The predicted molar refractivity (Wildman–Crippen MR) is 84.5 cm³/mol. The van der Waals surface area contributed by atoms with E-state index in [1.165, 1.54) is 27.9 Å². The number of benzene rings is 1. The Morgan fingerprint density at radius 1 is 1.38 bits per heavy atom. The Labute approximate surface area is 124 Å². The number of para-hydroxylation sites is 1. The van der Waals surface area contributed by atoms with Crippen LogP contribution >= 0.6 is 0 Å². The van der Waals surface area contributed by atoms with Gasteiger partial charge in [0.1, 0.15) is 6.10 Å². The number of hydrogen-bond donors (Lipinski definition) is 1. The first-order valence-electron chi connectivity index (χ1n) is 7.86. The van der Waals surface area contributed by atoms with E-state index < -0.39 is 0 Å². The third-order valence-corrected chi connectivity index (χ3v) is 4.63. The molecule has 21 heavy (non-hydrogen) atoms. The monoisotopic (exact) mass is 283 g/mol. The fourth-order valence-corrected chi connectivity index (χ4v) is 3.49. The zero-order chi connectivity index (χ0) is 14.2. The van der Waals surface area contributed by atoms with Crippen LogP contribution in [-0.2, 0) is 17.8 Å². The molecule has 2 aromatic rings. The predicted octanol–water partition coefficient (Wildman–Crippen LogP) is 3.08. The van der Waals surface area contributed by atoms with E-state index in [9.17, 15) is 0 Å². The molecule has 1 aromatic carbocycles. The average Bonchev–Trinajstić information content (AvgIpc) is 3.10. The summed E-state index contributed by atoms with van der Waals surface area (Å²) in [4.78, 5) is 11.6. The second-order valence-electron chi connectivity index (χ2n) is 6.06. The van der Waals surface area contributed by atoms with Gasteiger partial charge in [0.05, 0.1) is 5.71 Å². The van der Waals surface area contributed by atoms with Crippen molar-refractivity contribution in [2.45, 2.75) is 38.8 Å². The summed E-state index contributed by atoms with van der Waals surface area (Å²) in [6, 6.07) is 8.61. The van der Waals surface area contributed by atoms with E-state index in [0.29, 0.717) is 0 Å². The van der Waals surface area contributed by atoms with E-state index in [2.05, 4.69) is 46.2 Å². The third kappa shape index (κ3) is 2.33. The van der Waals surface area contributed by atoms with Gasteiger partial charge in [-0.2, -0.15) is 0 Å². The zero-order valence-electron chi connectivity index (χ0n) is 12.4. The Bertz CT molecular complexity index is 688. The topological polar surface area (TPSA) is 40.6 Å². The molecule has 3 heterocycles. The largest absolute Gasteiger partial charge is 0.391 e. The maximum Gasteiger partial charge on any atom is 0.145 e. The molecule has 110 valence electrons. The summed E-state index contributed by atoms with van der Waals surface area (Å²) in [5.74, 6) is 0. The number of rotatable bonds is 3. The van der Waals surface area contributed by atoms with Crippen LogP contribution in [0.2, 0.25) is 0 Å². The Morgan fingerprint density at radius 3 is 3.14 bits per heavy atom. The minimum atomic E-state index is 0.242. The molecule has 1 atom stereocenters. The Hall–Kier alpha value is -1.81. The minimum Gasteiger partial charge on any atom is -0.391 e. The lowest BCUT2D eigenvalue weighted by molar-refractivity contribution is 0.0485. The normalized spacial score (nSPS) is 22.1. The molecule has 0 saturated carbocycles. The van der Waals surface area contributed by atoms with Gasteiger partial charge >= 0.3 is 0 Å². The van der Waals surface area contributed by atoms with Crippen LogP contribution in [0.4, 0.5) is 0 Å². The minimum absolute atomic E-state index is 0.242. The molecule has 2 aliphatic heterocycles. The fourth-order valence-electron chi connectivity index (χ4n) is 3.49. The molecule has 0 bridgehead atoms. The van der Waals surface area contributed by atoms with Gasteiger partial charge in [0.15, 0.2) is 0 Å². The molecular formula is C17H21N3O. The first kappa shape index (κ1) is 12.9. The van der Waals surface area contributed by atoms with Crippen LogP contribution in [0.25, 0.3) is 10.9 Å². The summed E-state index contributed by atoms with van der Waals surface area (Å²) in [5, 5.41) is 5.55. The maximum absolute atomic E-state index is 5.54. The fraction of sp³-hybridized carbons (Fsp3) is 0.471. The van der Waals surface area contributed by atoms with Crippen molar-refractivity contribution in [2.24, 2.45) is 5.16 Å². The molecule has 1 unspecified atom stereocenters. The van der Waals surface area contributed by atoms with Gasteiger partial charge in [-0.1, -0.05) is 30.3 Å². The van der Waals surface area contributed by atoms with E-state index in [1.54, 1.807) is 0 Å². The number of oxime groups is 1. The highest BCUT2D eigenvalue weighted by Gasteiger charge is 2.26. The highest BCUT2D eigenvalue weighted by molar-refractivity contribution is 5.85. The highest BCUT2D eigenvalue weighted by atomic mass is 16.6. The van der Waals surface area contributed by atoms with E-state index in [-0.39, 0.29) is 6.10 Å². The van der Waals surface area contributed by atoms with Crippen LogP contribution in [0.1, 0.15) is 31.0 Å². The van der Waals surface area contributed by atoms with Crippen molar-refractivity contribution in [3.63, 3.8) is 0 Å². The summed E-state index contributed by atoms with van der Waals surface area (Å²) in [6.07, 6.45) is 3.36. The summed E-state index contributed by atoms with van der Waals surface area (Å²) >= 11 is 0. The Kier molecular flexibility index (Phi) is 3.19. The number of nitrogens with zero attached hydrogens (tertiary/aromatic N) is 2. The standard InChI is InChI=1S/C17H21N3O/c1-2-12-9-13(21-19-12)10-20-8-7-15-14-5-3-4-6-16(14)18-17(15)11-20/h3-6,13,18H,2,7-11H2,1H3. The molecular weight excluding hydrogens is 262 g/mol.